The van der Waals surface area contributed by atoms with Crippen molar-refractivity contribution in [3.05, 3.63) is 40.1 Å². The number of carboxylic acids is 1. The van der Waals surface area contributed by atoms with E-state index in [0.29, 0.717) is 6.54 Å². The van der Waals surface area contributed by atoms with Gasteiger partial charge in [0.25, 0.3) is 0 Å². The quantitative estimate of drug-likeness (QED) is 0.864. The number of imidazole rings is 1. The van der Waals surface area contributed by atoms with Gasteiger partial charge in [0.2, 0.25) is 0 Å². The second-order valence-electron chi connectivity index (χ2n) is 3.21. The highest BCUT2D eigenvalue weighted by atomic mass is 32.1. The van der Waals surface area contributed by atoms with Crippen LogP contribution in [-0.4, -0.2) is 20.6 Å². The second-order valence-corrected chi connectivity index (χ2v) is 3.99. The van der Waals surface area contributed by atoms with Crippen LogP contribution >= 0.6 is 11.3 Å². The van der Waals surface area contributed by atoms with Crippen LogP contribution in [0.5, 0.6) is 0 Å². The monoisotopic (exact) mass is 222 g/mol. The topological polar surface area (TPSA) is 55.1 Å². The van der Waals surface area contributed by atoms with Gasteiger partial charge in [0.05, 0.1) is 12.7 Å². The summed E-state index contributed by atoms with van der Waals surface area (Å²) in [7, 11) is 0. The van der Waals surface area contributed by atoms with E-state index in [-0.39, 0.29) is 5.69 Å². The predicted molar refractivity (Wildman–Crippen MR) is 57.3 cm³/mol. The van der Waals surface area contributed by atoms with Crippen molar-refractivity contribution >= 4 is 17.3 Å². The first-order chi connectivity index (χ1) is 7.18. The zero-order chi connectivity index (χ0) is 10.8. The molecule has 0 spiro atoms. The molecular formula is C10H10N2O2S. The number of hydrogen-bond acceptors (Lipinski definition) is 3. The lowest BCUT2D eigenvalue weighted by Gasteiger charge is -2.05. The molecule has 0 amide bonds. The van der Waals surface area contributed by atoms with Gasteiger partial charge < -0.3 is 9.67 Å². The molecule has 0 saturated carbocycles. The smallest absolute Gasteiger partial charge is 0.354 e. The minimum Gasteiger partial charge on any atom is -0.477 e. The molecule has 0 aromatic carbocycles. The minimum atomic E-state index is -0.939. The number of carboxylic acid groups (broad SMARTS) is 1. The lowest BCUT2D eigenvalue weighted by Crippen LogP contribution is -2.10. The summed E-state index contributed by atoms with van der Waals surface area (Å²) in [6.07, 6.45) is 1.39. The standard InChI is InChI=1S/C10H10N2O2S/c1-7-11-4-9(10(13)14)12(7)5-8-2-3-15-6-8/h2-4,6H,5H2,1H3,(H,13,14). The van der Waals surface area contributed by atoms with Crippen LogP contribution in [0.2, 0.25) is 0 Å². The van der Waals surface area contributed by atoms with Crippen LogP contribution in [0.4, 0.5) is 0 Å². The van der Waals surface area contributed by atoms with Crippen LogP contribution in [0.3, 0.4) is 0 Å². The van der Waals surface area contributed by atoms with E-state index in [0.717, 1.165) is 11.4 Å². The Bertz CT molecular complexity index is 474. The number of carbonyl (C=O) groups is 1. The maximum atomic E-state index is 10.9. The summed E-state index contributed by atoms with van der Waals surface area (Å²) in [5.41, 5.74) is 1.34. The molecule has 0 aliphatic carbocycles. The Labute approximate surface area is 90.8 Å². The molecule has 2 rings (SSSR count). The van der Waals surface area contributed by atoms with Crippen molar-refractivity contribution in [1.29, 1.82) is 0 Å². The van der Waals surface area contributed by atoms with Crippen molar-refractivity contribution in [3.63, 3.8) is 0 Å². The summed E-state index contributed by atoms with van der Waals surface area (Å²) in [6, 6.07) is 1.98. The highest BCUT2D eigenvalue weighted by molar-refractivity contribution is 7.07. The van der Waals surface area contributed by atoms with Crippen molar-refractivity contribution in [2.45, 2.75) is 13.5 Å². The zero-order valence-corrected chi connectivity index (χ0v) is 8.99. The second kappa shape index (κ2) is 3.86. The first kappa shape index (κ1) is 9.92. The molecular weight excluding hydrogens is 212 g/mol. The Kier molecular flexibility index (Phi) is 2.55. The molecule has 0 fully saturated rings. The number of aromatic carboxylic acids is 1. The molecule has 2 aromatic rings. The first-order valence-corrected chi connectivity index (χ1v) is 5.39. The number of nitrogens with zero attached hydrogens (tertiary/aromatic N) is 2. The first-order valence-electron chi connectivity index (χ1n) is 4.45. The van der Waals surface area contributed by atoms with Crippen LogP contribution in [0.1, 0.15) is 21.9 Å². The lowest BCUT2D eigenvalue weighted by atomic mass is 10.3. The van der Waals surface area contributed by atoms with E-state index in [2.05, 4.69) is 4.98 Å². The van der Waals surface area contributed by atoms with E-state index in [9.17, 15) is 4.79 Å². The molecule has 0 saturated heterocycles. The number of rotatable bonds is 3. The van der Waals surface area contributed by atoms with Gasteiger partial charge in [-0.15, -0.1) is 0 Å². The van der Waals surface area contributed by atoms with E-state index in [1.165, 1.54) is 6.20 Å². The molecule has 0 radical (unpaired) electrons. The van der Waals surface area contributed by atoms with Crippen molar-refractivity contribution in [2.24, 2.45) is 0 Å². The fourth-order valence-electron chi connectivity index (χ4n) is 1.40. The molecule has 0 bridgehead atoms. The highest BCUT2D eigenvalue weighted by Gasteiger charge is 2.13. The van der Waals surface area contributed by atoms with Crippen molar-refractivity contribution < 1.29 is 9.90 Å². The fourth-order valence-corrected chi connectivity index (χ4v) is 2.06. The third-order valence-corrected chi connectivity index (χ3v) is 2.93. The molecule has 78 valence electrons. The van der Waals surface area contributed by atoms with Crippen LogP contribution in [0.25, 0.3) is 0 Å². The van der Waals surface area contributed by atoms with Gasteiger partial charge in [-0.25, -0.2) is 9.78 Å². The van der Waals surface area contributed by atoms with Crippen LogP contribution < -0.4 is 0 Å². The molecule has 1 N–H and O–H groups in total. The van der Waals surface area contributed by atoms with Gasteiger partial charge in [-0.2, -0.15) is 11.3 Å². The van der Waals surface area contributed by atoms with Crippen LogP contribution in [-0.2, 0) is 6.54 Å². The number of hydrogen-bond donors (Lipinski definition) is 1. The van der Waals surface area contributed by atoms with E-state index in [1.807, 2.05) is 16.8 Å². The van der Waals surface area contributed by atoms with E-state index in [4.69, 9.17) is 5.11 Å². The molecule has 0 aliphatic heterocycles. The van der Waals surface area contributed by atoms with Gasteiger partial charge in [0.15, 0.2) is 0 Å². The summed E-state index contributed by atoms with van der Waals surface area (Å²) in [5, 5.41) is 12.9. The van der Waals surface area contributed by atoms with Crippen LogP contribution in [0, 0.1) is 6.92 Å². The summed E-state index contributed by atoms with van der Waals surface area (Å²) in [6.45, 7) is 2.37. The maximum Gasteiger partial charge on any atom is 0.354 e. The van der Waals surface area contributed by atoms with Gasteiger partial charge >= 0.3 is 5.97 Å². The highest BCUT2D eigenvalue weighted by Crippen LogP contribution is 2.12. The van der Waals surface area contributed by atoms with Gasteiger partial charge in [-0.3, -0.25) is 0 Å². The largest absolute Gasteiger partial charge is 0.477 e. The SMILES string of the molecule is Cc1ncc(C(=O)O)n1Cc1ccsc1. The Balaban J connectivity index is 2.35. The van der Waals surface area contributed by atoms with Crippen molar-refractivity contribution in [3.8, 4) is 0 Å². The van der Waals surface area contributed by atoms with E-state index in [1.54, 1.807) is 22.8 Å². The van der Waals surface area contributed by atoms with Crippen molar-refractivity contribution in [1.82, 2.24) is 9.55 Å². The molecule has 5 heteroatoms. The molecule has 0 unspecified atom stereocenters. The van der Waals surface area contributed by atoms with Gasteiger partial charge in [-0.1, -0.05) is 0 Å². The molecule has 0 aliphatic rings. The predicted octanol–water partition coefficient (Wildman–Crippen LogP) is 2.00. The third-order valence-electron chi connectivity index (χ3n) is 2.20. The number of aryl methyl sites for hydroxylation is 1. The summed E-state index contributed by atoms with van der Waals surface area (Å²) in [5.74, 6) is -0.218. The fraction of sp³-hybridized carbons (Fsp3) is 0.200. The van der Waals surface area contributed by atoms with Gasteiger partial charge in [0, 0.05) is 0 Å². The Morgan fingerprint density at radius 3 is 3.07 bits per heavy atom. The van der Waals surface area contributed by atoms with Crippen LogP contribution in [0.15, 0.2) is 23.0 Å². The van der Waals surface area contributed by atoms with Gasteiger partial charge in [-0.05, 0) is 29.3 Å². The summed E-state index contributed by atoms with van der Waals surface area (Å²) < 4.78 is 1.70. The average Bonchev–Trinajstić information content (AvgIpc) is 2.78. The average molecular weight is 222 g/mol. The van der Waals surface area contributed by atoms with Gasteiger partial charge in [0.1, 0.15) is 11.5 Å². The number of thiophene rings is 1. The van der Waals surface area contributed by atoms with E-state index >= 15 is 0 Å². The number of aromatic nitrogens is 2. The molecule has 0 atom stereocenters. The lowest BCUT2D eigenvalue weighted by molar-refractivity contribution is 0.0685. The Morgan fingerprint density at radius 1 is 1.67 bits per heavy atom. The van der Waals surface area contributed by atoms with E-state index < -0.39 is 5.97 Å². The zero-order valence-electron chi connectivity index (χ0n) is 8.17. The molecule has 15 heavy (non-hydrogen) atoms. The minimum absolute atomic E-state index is 0.235. The van der Waals surface area contributed by atoms with Crippen molar-refractivity contribution in [2.75, 3.05) is 0 Å². The third kappa shape index (κ3) is 1.92. The maximum absolute atomic E-state index is 10.9. The normalized spacial score (nSPS) is 10.5. The summed E-state index contributed by atoms with van der Waals surface area (Å²) >= 11 is 1.60. The molecule has 2 heterocycles. The molecule has 4 nitrogen and oxygen atoms in total. The Morgan fingerprint density at radius 2 is 2.47 bits per heavy atom. The summed E-state index contributed by atoms with van der Waals surface area (Å²) in [4.78, 5) is 14.9. The Hall–Kier alpha value is -1.62. The molecule has 2 aromatic heterocycles.